The van der Waals surface area contributed by atoms with Crippen LogP contribution in [0.15, 0.2) is 12.1 Å². The molecule has 0 aliphatic carbocycles. The van der Waals surface area contributed by atoms with E-state index in [2.05, 4.69) is 5.92 Å². The first-order chi connectivity index (χ1) is 9.95. The van der Waals surface area contributed by atoms with E-state index in [9.17, 15) is 14.9 Å². The minimum atomic E-state index is -0.569. The molecule has 1 unspecified atom stereocenters. The van der Waals surface area contributed by atoms with Gasteiger partial charge in [0.15, 0.2) is 0 Å². The maximum Gasteiger partial charge on any atom is 0.274 e. The van der Waals surface area contributed by atoms with E-state index in [1.807, 2.05) is 6.92 Å². The van der Waals surface area contributed by atoms with Crippen LogP contribution >= 0.6 is 0 Å². The van der Waals surface area contributed by atoms with Gasteiger partial charge in [0.2, 0.25) is 0 Å². The molecule has 6 nitrogen and oxygen atoms in total. The van der Waals surface area contributed by atoms with E-state index >= 15 is 0 Å². The molecule has 1 atom stereocenters. The Hall–Kier alpha value is -2.39. The van der Waals surface area contributed by atoms with Gasteiger partial charge in [0, 0.05) is 24.6 Å². The van der Waals surface area contributed by atoms with Gasteiger partial charge in [-0.15, -0.1) is 6.42 Å². The Morgan fingerprint density at radius 2 is 2.19 bits per heavy atom. The molecule has 0 spiro atoms. The molecule has 1 aromatic carbocycles. The molecule has 0 N–H and O–H groups in total. The van der Waals surface area contributed by atoms with Crippen LogP contribution in [0.25, 0.3) is 0 Å². The summed E-state index contributed by atoms with van der Waals surface area (Å²) in [5.41, 5.74) is 1.97. The number of rotatable bonds is 4. The molecule has 6 heteroatoms. The highest BCUT2D eigenvalue weighted by Crippen LogP contribution is 2.32. The van der Waals surface area contributed by atoms with Gasteiger partial charge >= 0.3 is 0 Å². The molecule has 1 aliphatic heterocycles. The van der Waals surface area contributed by atoms with Gasteiger partial charge in [-0.25, -0.2) is 0 Å². The third-order valence-corrected chi connectivity index (χ3v) is 3.53. The number of carbonyl (C=O) groups excluding carboxylic acids is 1. The van der Waals surface area contributed by atoms with Gasteiger partial charge in [0.1, 0.15) is 12.7 Å². The average molecular weight is 288 g/mol. The third-order valence-electron chi connectivity index (χ3n) is 3.53. The van der Waals surface area contributed by atoms with Crippen molar-refractivity contribution in [3.8, 4) is 12.3 Å². The summed E-state index contributed by atoms with van der Waals surface area (Å²) in [5.74, 6) is 2.13. The van der Waals surface area contributed by atoms with Crippen LogP contribution in [0, 0.1) is 36.3 Å². The van der Waals surface area contributed by atoms with Crippen LogP contribution in [-0.4, -0.2) is 30.1 Å². The monoisotopic (exact) mass is 288 g/mol. The van der Waals surface area contributed by atoms with Crippen LogP contribution in [-0.2, 0) is 9.53 Å². The molecular formula is C15H16N2O4. The molecule has 110 valence electrons. The molecule has 2 rings (SSSR count). The second kappa shape index (κ2) is 5.94. The molecule has 1 aromatic rings. The number of carbonyl (C=O) groups is 1. The minimum Gasteiger partial charge on any atom is -0.356 e. The molecule has 0 aromatic heterocycles. The number of nitrogens with zero attached hydrogens (tertiary/aromatic N) is 2. The smallest absolute Gasteiger partial charge is 0.274 e. The summed E-state index contributed by atoms with van der Waals surface area (Å²) in [4.78, 5) is 24.4. The van der Waals surface area contributed by atoms with Crippen LogP contribution < -0.4 is 4.90 Å². The van der Waals surface area contributed by atoms with Crippen molar-refractivity contribution in [1.82, 2.24) is 0 Å². The number of nitro groups is 1. The molecule has 21 heavy (non-hydrogen) atoms. The highest BCUT2D eigenvalue weighted by Gasteiger charge is 2.34. The second-order valence-corrected chi connectivity index (χ2v) is 4.96. The maximum absolute atomic E-state index is 12.3. The lowest BCUT2D eigenvalue weighted by Gasteiger charge is -2.19. The number of amides is 1. The Morgan fingerprint density at radius 3 is 2.81 bits per heavy atom. The van der Waals surface area contributed by atoms with Gasteiger partial charge in [0.05, 0.1) is 10.6 Å². The predicted molar refractivity (Wildman–Crippen MR) is 78.1 cm³/mol. The third kappa shape index (κ3) is 2.88. The summed E-state index contributed by atoms with van der Waals surface area (Å²) in [6, 6.07) is 3.17. The average Bonchev–Trinajstić information content (AvgIpc) is 2.77. The van der Waals surface area contributed by atoms with Gasteiger partial charge in [-0.05, 0) is 25.5 Å². The Kier molecular flexibility index (Phi) is 4.24. The van der Waals surface area contributed by atoms with Crippen LogP contribution in [0.2, 0.25) is 0 Å². The van der Waals surface area contributed by atoms with Gasteiger partial charge in [-0.1, -0.05) is 5.92 Å². The molecule has 0 saturated carbocycles. The number of terminal acetylenes is 1. The first-order valence-corrected chi connectivity index (χ1v) is 6.57. The summed E-state index contributed by atoms with van der Waals surface area (Å²) in [6.07, 6.45) is 5.08. The van der Waals surface area contributed by atoms with Crippen molar-refractivity contribution < 1.29 is 14.5 Å². The van der Waals surface area contributed by atoms with Gasteiger partial charge in [-0.2, -0.15) is 0 Å². The van der Waals surface area contributed by atoms with E-state index in [1.54, 1.807) is 13.0 Å². The number of anilines is 1. The van der Waals surface area contributed by atoms with Crippen LogP contribution in [0.5, 0.6) is 0 Å². The molecule has 1 amide bonds. The summed E-state index contributed by atoms with van der Waals surface area (Å²) >= 11 is 0. The molecule has 0 radical (unpaired) electrons. The van der Waals surface area contributed by atoms with Crippen molar-refractivity contribution in [2.24, 2.45) is 0 Å². The van der Waals surface area contributed by atoms with Crippen LogP contribution in [0.3, 0.4) is 0 Å². The molecule has 1 saturated heterocycles. The topological polar surface area (TPSA) is 72.7 Å². The lowest BCUT2D eigenvalue weighted by Crippen LogP contribution is -2.31. The standard InChI is InChI=1S/C15H16N2O4/c1-4-7-21-14-5-6-16(15(14)18)12-9-13(17(19)20)11(3)8-10(12)2/h1,8-9,14H,5-7H2,2-3H3. The van der Waals surface area contributed by atoms with E-state index in [-0.39, 0.29) is 18.2 Å². The fourth-order valence-corrected chi connectivity index (χ4v) is 2.51. The highest BCUT2D eigenvalue weighted by molar-refractivity contribution is 5.99. The van der Waals surface area contributed by atoms with Crippen molar-refractivity contribution in [2.45, 2.75) is 26.4 Å². The fourth-order valence-electron chi connectivity index (χ4n) is 2.51. The predicted octanol–water partition coefficient (Wildman–Crippen LogP) is 1.97. The highest BCUT2D eigenvalue weighted by atomic mass is 16.6. The summed E-state index contributed by atoms with van der Waals surface area (Å²) in [5, 5.41) is 11.0. The van der Waals surface area contributed by atoms with E-state index in [1.165, 1.54) is 11.0 Å². The zero-order chi connectivity index (χ0) is 15.6. The van der Waals surface area contributed by atoms with Crippen LogP contribution in [0.1, 0.15) is 17.5 Å². The van der Waals surface area contributed by atoms with Gasteiger partial charge in [-0.3, -0.25) is 14.9 Å². The zero-order valence-corrected chi connectivity index (χ0v) is 12.0. The largest absolute Gasteiger partial charge is 0.356 e. The number of benzene rings is 1. The minimum absolute atomic E-state index is 0.0105. The number of nitro benzene ring substituents is 1. The number of hydrogen-bond donors (Lipinski definition) is 0. The molecule has 1 aliphatic rings. The SMILES string of the molecule is C#CCOC1CCN(c2cc([N+](=O)[O-])c(C)cc2C)C1=O. The molecule has 1 heterocycles. The second-order valence-electron chi connectivity index (χ2n) is 4.96. The number of aryl methyl sites for hydroxylation is 2. The first kappa shape index (κ1) is 15.0. The van der Waals surface area contributed by atoms with Crippen molar-refractivity contribution in [3.63, 3.8) is 0 Å². The van der Waals surface area contributed by atoms with E-state index < -0.39 is 11.0 Å². The lowest BCUT2D eigenvalue weighted by molar-refractivity contribution is -0.385. The Balaban J connectivity index is 2.31. The van der Waals surface area contributed by atoms with Gasteiger partial charge in [0.25, 0.3) is 11.6 Å². The van der Waals surface area contributed by atoms with Crippen LogP contribution in [0.4, 0.5) is 11.4 Å². The van der Waals surface area contributed by atoms with E-state index in [0.29, 0.717) is 24.2 Å². The quantitative estimate of drug-likeness (QED) is 0.482. The van der Waals surface area contributed by atoms with E-state index in [0.717, 1.165) is 5.56 Å². The Labute approximate surface area is 122 Å². The van der Waals surface area contributed by atoms with Crippen molar-refractivity contribution in [2.75, 3.05) is 18.1 Å². The maximum atomic E-state index is 12.3. The molecular weight excluding hydrogens is 272 g/mol. The number of hydrogen-bond acceptors (Lipinski definition) is 4. The summed E-state index contributed by atoms with van der Waals surface area (Å²) in [6.45, 7) is 4.06. The summed E-state index contributed by atoms with van der Waals surface area (Å²) < 4.78 is 5.30. The first-order valence-electron chi connectivity index (χ1n) is 6.57. The van der Waals surface area contributed by atoms with Crippen molar-refractivity contribution >= 4 is 17.3 Å². The van der Waals surface area contributed by atoms with Gasteiger partial charge < -0.3 is 9.64 Å². The normalized spacial score (nSPS) is 17.9. The molecule has 0 bridgehead atoms. The fraction of sp³-hybridized carbons (Fsp3) is 0.400. The van der Waals surface area contributed by atoms with E-state index in [4.69, 9.17) is 11.2 Å². The zero-order valence-electron chi connectivity index (χ0n) is 12.0. The summed E-state index contributed by atoms with van der Waals surface area (Å²) in [7, 11) is 0. The Bertz CT molecular complexity index is 633. The van der Waals surface area contributed by atoms with Crippen molar-refractivity contribution in [1.29, 1.82) is 0 Å². The Morgan fingerprint density at radius 1 is 1.48 bits per heavy atom. The lowest BCUT2D eigenvalue weighted by atomic mass is 10.1. The number of ether oxygens (including phenoxy) is 1. The van der Waals surface area contributed by atoms with Crippen molar-refractivity contribution in [3.05, 3.63) is 33.4 Å². The molecule has 1 fully saturated rings.